The standard InChI is InChI=1S/C16H21N3O2S2/c1-3-9-22-16-17-14-6-4-5-7-15(14)19(16)12-18(2)13-8-10-23(20,21)11-13/h3-7,13H,1,8-12H2,2H3. The summed E-state index contributed by atoms with van der Waals surface area (Å²) in [5, 5.41) is 0.943. The molecule has 1 aromatic heterocycles. The van der Waals surface area contributed by atoms with Crippen LogP contribution in [0.5, 0.6) is 0 Å². The molecule has 0 saturated carbocycles. The Kier molecular flexibility index (Phi) is 4.79. The van der Waals surface area contributed by atoms with Gasteiger partial charge in [-0.3, -0.25) is 4.90 Å². The van der Waals surface area contributed by atoms with Crippen molar-refractivity contribution >= 4 is 32.6 Å². The van der Waals surface area contributed by atoms with Crippen LogP contribution < -0.4 is 0 Å². The van der Waals surface area contributed by atoms with E-state index >= 15 is 0 Å². The minimum atomic E-state index is -2.87. The Bertz CT molecular complexity index is 814. The lowest BCUT2D eigenvalue weighted by molar-refractivity contribution is 0.205. The molecule has 0 spiro atoms. The SMILES string of the molecule is C=CCSc1nc2ccccc2n1CN(C)C1CCS(=O)(=O)C1. The number of hydrogen-bond donors (Lipinski definition) is 0. The first-order valence-electron chi connectivity index (χ1n) is 7.60. The van der Waals surface area contributed by atoms with Gasteiger partial charge in [-0.05, 0) is 25.6 Å². The first kappa shape index (κ1) is 16.5. The van der Waals surface area contributed by atoms with E-state index in [9.17, 15) is 8.42 Å². The van der Waals surface area contributed by atoms with Crippen molar-refractivity contribution in [2.75, 3.05) is 24.3 Å². The van der Waals surface area contributed by atoms with Gasteiger partial charge in [0.1, 0.15) is 0 Å². The first-order chi connectivity index (χ1) is 11.0. The summed E-state index contributed by atoms with van der Waals surface area (Å²) in [4.78, 5) is 6.81. The van der Waals surface area contributed by atoms with E-state index in [1.165, 1.54) is 0 Å². The zero-order chi connectivity index (χ0) is 16.4. The average molecular weight is 351 g/mol. The number of rotatable bonds is 6. The lowest BCUT2D eigenvalue weighted by atomic mass is 10.2. The van der Waals surface area contributed by atoms with E-state index in [-0.39, 0.29) is 11.8 Å². The predicted octanol–water partition coefficient (Wildman–Crippen LogP) is 2.39. The summed E-state index contributed by atoms with van der Waals surface area (Å²) >= 11 is 1.65. The third kappa shape index (κ3) is 3.62. The maximum atomic E-state index is 11.7. The number of aromatic nitrogens is 2. The third-order valence-electron chi connectivity index (χ3n) is 4.15. The molecule has 3 rings (SSSR count). The zero-order valence-electron chi connectivity index (χ0n) is 13.2. The fourth-order valence-electron chi connectivity index (χ4n) is 2.90. The highest BCUT2D eigenvalue weighted by molar-refractivity contribution is 7.99. The van der Waals surface area contributed by atoms with Crippen molar-refractivity contribution in [2.24, 2.45) is 0 Å². The van der Waals surface area contributed by atoms with Crippen molar-refractivity contribution in [1.82, 2.24) is 14.5 Å². The van der Waals surface area contributed by atoms with Crippen LogP contribution in [0.25, 0.3) is 11.0 Å². The molecule has 1 aliphatic rings. The fourth-order valence-corrected chi connectivity index (χ4v) is 5.44. The molecular weight excluding hydrogens is 330 g/mol. The Labute approximate surface area is 141 Å². The summed E-state index contributed by atoms with van der Waals surface area (Å²) in [6, 6.07) is 8.12. The number of thioether (sulfide) groups is 1. The normalized spacial score (nSPS) is 20.3. The van der Waals surface area contributed by atoms with E-state index in [1.54, 1.807) is 11.8 Å². The highest BCUT2D eigenvalue weighted by Crippen LogP contribution is 2.26. The molecule has 7 heteroatoms. The van der Waals surface area contributed by atoms with Crippen LogP contribution in [0.3, 0.4) is 0 Å². The molecule has 1 aromatic carbocycles. The predicted molar refractivity (Wildman–Crippen MR) is 95.5 cm³/mol. The largest absolute Gasteiger partial charge is 0.305 e. The number of sulfone groups is 1. The Hall–Kier alpha value is -1.31. The van der Waals surface area contributed by atoms with Crippen LogP contribution in [0.15, 0.2) is 42.1 Å². The molecule has 2 aromatic rings. The van der Waals surface area contributed by atoms with E-state index in [1.807, 2.05) is 31.3 Å². The Morgan fingerprint density at radius 3 is 2.96 bits per heavy atom. The summed E-state index contributed by atoms with van der Waals surface area (Å²) in [5.41, 5.74) is 2.04. The van der Waals surface area contributed by atoms with Gasteiger partial charge >= 0.3 is 0 Å². The molecule has 1 fully saturated rings. The topological polar surface area (TPSA) is 55.2 Å². The highest BCUT2D eigenvalue weighted by atomic mass is 32.2. The van der Waals surface area contributed by atoms with Crippen molar-refractivity contribution < 1.29 is 8.42 Å². The van der Waals surface area contributed by atoms with Gasteiger partial charge in [0, 0.05) is 11.8 Å². The molecular formula is C16H21N3O2S2. The van der Waals surface area contributed by atoms with Gasteiger partial charge in [-0.2, -0.15) is 0 Å². The molecule has 2 heterocycles. The molecule has 23 heavy (non-hydrogen) atoms. The van der Waals surface area contributed by atoms with Gasteiger partial charge < -0.3 is 4.57 Å². The van der Waals surface area contributed by atoms with Gasteiger partial charge in [0.15, 0.2) is 15.0 Å². The Balaban J connectivity index is 1.87. The second kappa shape index (κ2) is 6.67. The molecule has 1 unspecified atom stereocenters. The summed E-state index contributed by atoms with van der Waals surface area (Å²) in [6.07, 6.45) is 2.57. The van der Waals surface area contributed by atoms with E-state index in [2.05, 4.69) is 22.1 Å². The summed E-state index contributed by atoms with van der Waals surface area (Å²) < 4.78 is 25.6. The van der Waals surface area contributed by atoms with Gasteiger partial charge in [-0.1, -0.05) is 30.0 Å². The quantitative estimate of drug-likeness (QED) is 0.591. The molecule has 0 radical (unpaired) electrons. The smallest absolute Gasteiger partial charge is 0.170 e. The lowest BCUT2D eigenvalue weighted by Gasteiger charge is -2.24. The van der Waals surface area contributed by atoms with Crippen LogP contribution >= 0.6 is 11.8 Å². The average Bonchev–Trinajstić information content (AvgIpc) is 3.06. The van der Waals surface area contributed by atoms with E-state index in [0.29, 0.717) is 18.8 Å². The van der Waals surface area contributed by atoms with E-state index in [0.717, 1.165) is 21.9 Å². The summed E-state index contributed by atoms with van der Waals surface area (Å²) in [6.45, 7) is 4.40. The van der Waals surface area contributed by atoms with Crippen LogP contribution in [0.1, 0.15) is 6.42 Å². The zero-order valence-corrected chi connectivity index (χ0v) is 14.8. The Morgan fingerprint density at radius 2 is 2.26 bits per heavy atom. The van der Waals surface area contributed by atoms with Gasteiger partial charge in [-0.25, -0.2) is 13.4 Å². The fraction of sp³-hybridized carbons (Fsp3) is 0.438. The van der Waals surface area contributed by atoms with Gasteiger partial charge in [0.25, 0.3) is 0 Å². The van der Waals surface area contributed by atoms with E-state index in [4.69, 9.17) is 4.98 Å². The van der Waals surface area contributed by atoms with Crippen LogP contribution in [-0.4, -0.2) is 53.2 Å². The number of fused-ring (bicyclic) bond motifs is 1. The van der Waals surface area contributed by atoms with E-state index < -0.39 is 9.84 Å². The van der Waals surface area contributed by atoms with Crippen molar-refractivity contribution in [3.05, 3.63) is 36.9 Å². The van der Waals surface area contributed by atoms with Crippen molar-refractivity contribution in [3.63, 3.8) is 0 Å². The van der Waals surface area contributed by atoms with Crippen LogP contribution in [0, 0.1) is 0 Å². The van der Waals surface area contributed by atoms with Gasteiger partial charge in [0.05, 0.1) is 29.2 Å². The molecule has 0 aliphatic carbocycles. The first-order valence-corrected chi connectivity index (χ1v) is 10.4. The van der Waals surface area contributed by atoms with Gasteiger partial charge in [0.2, 0.25) is 0 Å². The maximum absolute atomic E-state index is 11.7. The molecule has 0 N–H and O–H groups in total. The molecule has 0 bridgehead atoms. The van der Waals surface area contributed by atoms with Gasteiger partial charge in [-0.15, -0.1) is 6.58 Å². The summed E-state index contributed by atoms with van der Waals surface area (Å²) in [7, 11) is -0.883. The maximum Gasteiger partial charge on any atom is 0.170 e. The third-order valence-corrected chi connectivity index (χ3v) is 6.87. The molecule has 5 nitrogen and oxygen atoms in total. The molecule has 1 saturated heterocycles. The highest BCUT2D eigenvalue weighted by Gasteiger charge is 2.31. The number of hydrogen-bond acceptors (Lipinski definition) is 5. The Morgan fingerprint density at radius 1 is 1.48 bits per heavy atom. The van der Waals surface area contributed by atoms with Crippen molar-refractivity contribution in [2.45, 2.75) is 24.3 Å². The van der Waals surface area contributed by atoms with Crippen molar-refractivity contribution in [3.8, 4) is 0 Å². The van der Waals surface area contributed by atoms with Crippen LogP contribution in [0.2, 0.25) is 0 Å². The molecule has 1 atom stereocenters. The second-order valence-electron chi connectivity index (χ2n) is 5.87. The molecule has 1 aliphatic heterocycles. The molecule has 0 amide bonds. The lowest BCUT2D eigenvalue weighted by Crippen LogP contribution is -2.34. The minimum Gasteiger partial charge on any atom is -0.305 e. The summed E-state index contributed by atoms with van der Waals surface area (Å²) in [5.74, 6) is 1.35. The van der Waals surface area contributed by atoms with Crippen LogP contribution in [-0.2, 0) is 16.5 Å². The number of para-hydroxylation sites is 2. The monoisotopic (exact) mass is 351 g/mol. The van der Waals surface area contributed by atoms with Crippen molar-refractivity contribution in [1.29, 1.82) is 0 Å². The minimum absolute atomic E-state index is 0.0819. The second-order valence-corrected chi connectivity index (χ2v) is 9.08. The van der Waals surface area contributed by atoms with Crippen LogP contribution in [0.4, 0.5) is 0 Å². The molecule has 124 valence electrons. The number of imidazole rings is 1. The number of benzene rings is 1. The number of nitrogens with zero attached hydrogens (tertiary/aromatic N) is 3.